The molecule has 1 aromatic heterocycles. The molecule has 1 N–H and O–H groups in total. The largest absolute Gasteiger partial charge is 0.422 e. The molecule has 10 heteroatoms. The van der Waals surface area contributed by atoms with Gasteiger partial charge in [0, 0.05) is 35.1 Å². The third-order valence-electron chi connectivity index (χ3n) is 4.10. The van der Waals surface area contributed by atoms with Gasteiger partial charge in [0.05, 0.1) is 26.3 Å². The fourth-order valence-corrected chi connectivity index (χ4v) is 2.67. The normalized spacial score (nSPS) is 13.9. The Kier molecular flexibility index (Phi) is 5.90. The van der Waals surface area contributed by atoms with Crippen LogP contribution in [0, 0.1) is 0 Å². The predicted molar refractivity (Wildman–Crippen MR) is 96.8 cm³/mol. The summed E-state index contributed by atoms with van der Waals surface area (Å²) >= 11 is 0. The average Bonchev–Trinajstić information content (AvgIpc) is 2.63. The Morgan fingerprint density at radius 3 is 2.96 bits per heavy atom. The van der Waals surface area contributed by atoms with Crippen molar-refractivity contribution in [2.24, 2.45) is 5.11 Å². The van der Waals surface area contributed by atoms with E-state index in [9.17, 15) is 14.0 Å². The monoisotopic (exact) mass is 375 g/mol. The summed E-state index contributed by atoms with van der Waals surface area (Å²) in [6, 6.07) is 6.67. The number of amides is 1. The van der Waals surface area contributed by atoms with Crippen LogP contribution in [0.1, 0.15) is 10.4 Å². The van der Waals surface area contributed by atoms with Gasteiger partial charge < -0.3 is 19.4 Å². The van der Waals surface area contributed by atoms with Gasteiger partial charge in [-0.05, 0) is 23.7 Å². The Labute approximate surface area is 153 Å². The number of anilines is 1. The van der Waals surface area contributed by atoms with Crippen molar-refractivity contribution in [3.63, 3.8) is 0 Å². The number of benzene rings is 1. The topological polar surface area (TPSA) is 121 Å². The molecule has 1 saturated heterocycles. The van der Waals surface area contributed by atoms with E-state index in [4.69, 9.17) is 14.7 Å². The number of carbonyl (C=O) groups is 1. The van der Waals surface area contributed by atoms with Crippen LogP contribution in [0.5, 0.6) is 0 Å². The zero-order valence-corrected chi connectivity index (χ0v) is 14.4. The number of hydrogen-bond donors (Lipinski definition) is 1. The standard InChI is InChI=1S/C17H18FN5O4/c18-12-9-23(10-12)13-2-1-11-7-14(17(25)27-15(11)8-13)16(24)20-3-5-26-6-4-21-22-19/h1-2,7-8,12H,3-6,9-10H2,(H,20,24). The quantitative estimate of drug-likeness (QED) is 0.249. The molecule has 1 fully saturated rings. The first kappa shape index (κ1) is 18.7. The van der Waals surface area contributed by atoms with Crippen molar-refractivity contribution in [3.8, 4) is 0 Å². The van der Waals surface area contributed by atoms with Crippen LogP contribution in [0.25, 0.3) is 21.4 Å². The Balaban J connectivity index is 1.61. The van der Waals surface area contributed by atoms with Gasteiger partial charge in [-0.3, -0.25) is 4.79 Å². The van der Waals surface area contributed by atoms with Crippen molar-refractivity contribution >= 4 is 22.6 Å². The molecule has 2 aromatic rings. The molecular formula is C17H18FN5O4. The number of ether oxygens (including phenoxy) is 1. The molecule has 0 unspecified atom stereocenters. The fraction of sp³-hybridized carbons (Fsp3) is 0.412. The van der Waals surface area contributed by atoms with Gasteiger partial charge in [-0.1, -0.05) is 5.11 Å². The molecule has 142 valence electrons. The lowest BCUT2D eigenvalue weighted by molar-refractivity contribution is 0.0916. The van der Waals surface area contributed by atoms with Crippen molar-refractivity contribution in [1.82, 2.24) is 5.32 Å². The molecule has 2 heterocycles. The van der Waals surface area contributed by atoms with Gasteiger partial charge in [-0.15, -0.1) is 0 Å². The van der Waals surface area contributed by atoms with Gasteiger partial charge in [0.15, 0.2) is 0 Å². The molecule has 1 amide bonds. The lowest BCUT2D eigenvalue weighted by Crippen LogP contribution is -2.48. The van der Waals surface area contributed by atoms with Crippen LogP contribution in [0.2, 0.25) is 0 Å². The van der Waals surface area contributed by atoms with Crippen LogP contribution >= 0.6 is 0 Å². The van der Waals surface area contributed by atoms with Crippen molar-refractivity contribution < 1.29 is 18.3 Å². The molecule has 0 saturated carbocycles. The third-order valence-corrected chi connectivity index (χ3v) is 4.10. The number of azide groups is 1. The Hall–Kier alpha value is -3.10. The van der Waals surface area contributed by atoms with Crippen molar-refractivity contribution in [3.05, 3.63) is 50.7 Å². The van der Waals surface area contributed by atoms with E-state index in [0.29, 0.717) is 24.1 Å². The fourth-order valence-electron chi connectivity index (χ4n) is 2.67. The molecule has 0 atom stereocenters. The summed E-state index contributed by atoms with van der Waals surface area (Å²) < 4.78 is 23.4. The molecule has 0 bridgehead atoms. The molecule has 27 heavy (non-hydrogen) atoms. The maximum Gasteiger partial charge on any atom is 0.349 e. The van der Waals surface area contributed by atoms with E-state index in [0.717, 1.165) is 5.69 Å². The van der Waals surface area contributed by atoms with Crippen LogP contribution in [-0.4, -0.2) is 51.5 Å². The highest BCUT2D eigenvalue weighted by Crippen LogP contribution is 2.26. The number of hydrogen-bond acceptors (Lipinski definition) is 6. The van der Waals surface area contributed by atoms with E-state index < -0.39 is 17.7 Å². The van der Waals surface area contributed by atoms with Crippen molar-refractivity contribution in [1.29, 1.82) is 0 Å². The molecule has 0 aliphatic carbocycles. The second-order valence-corrected chi connectivity index (χ2v) is 5.99. The van der Waals surface area contributed by atoms with E-state index >= 15 is 0 Å². The summed E-state index contributed by atoms with van der Waals surface area (Å²) in [6.07, 6.45) is -0.832. The summed E-state index contributed by atoms with van der Waals surface area (Å²) in [5, 5.41) is 6.49. The molecule has 9 nitrogen and oxygen atoms in total. The van der Waals surface area contributed by atoms with Gasteiger partial charge >= 0.3 is 5.63 Å². The molecule has 0 radical (unpaired) electrons. The minimum Gasteiger partial charge on any atom is -0.422 e. The van der Waals surface area contributed by atoms with Gasteiger partial charge in [-0.2, -0.15) is 0 Å². The predicted octanol–water partition coefficient (Wildman–Crippen LogP) is 2.01. The van der Waals surface area contributed by atoms with Gasteiger partial charge in [-0.25, -0.2) is 9.18 Å². The Morgan fingerprint density at radius 1 is 1.41 bits per heavy atom. The number of rotatable bonds is 8. The summed E-state index contributed by atoms with van der Waals surface area (Å²) in [5.41, 5.74) is 8.40. The van der Waals surface area contributed by atoms with Crippen molar-refractivity contribution in [2.45, 2.75) is 6.17 Å². The minimum absolute atomic E-state index is 0.0999. The maximum atomic E-state index is 13.0. The van der Waals surface area contributed by atoms with Crippen LogP contribution in [0.15, 0.2) is 38.6 Å². The first-order chi connectivity index (χ1) is 13.1. The first-order valence-electron chi connectivity index (χ1n) is 8.42. The van der Waals surface area contributed by atoms with E-state index in [-0.39, 0.29) is 31.9 Å². The smallest absolute Gasteiger partial charge is 0.349 e. The second-order valence-electron chi connectivity index (χ2n) is 5.99. The van der Waals surface area contributed by atoms with Crippen LogP contribution < -0.4 is 15.8 Å². The zero-order chi connectivity index (χ0) is 19.2. The number of carbonyl (C=O) groups excluding carboxylic acids is 1. The van der Waals surface area contributed by atoms with E-state index in [1.54, 1.807) is 18.2 Å². The molecule has 3 rings (SSSR count). The SMILES string of the molecule is [N-]=[N+]=NCCOCCNC(=O)c1cc2ccc(N3CC(F)C3)cc2oc1=O. The first-order valence-corrected chi connectivity index (χ1v) is 8.42. The molecular weight excluding hydrogens is 357 g/mol. The van der Waals surface area contributed by atoms with Crippen LogP contribution in [-0.2, 0) is 4.74 Å². The lowest BCUT2D eigenvalue weighted by atomic mass is 10.1. The van der Waals surface area contributed by atoms with Crippen molar-refractivity contribution in [2.75, 3.05) is 44.3 Å². The highest BCUT2D eigenvalue weighted by Gasteiger charge is 2.26. The summed E-state index contributed by atoms with van der Waals surface area (Å²) in [4.78, 5) is 28.7. The summed E-state index contributed by atoms with van der Waals surface area (Å²) in [7, 11) is 0. The second kappa shape index (κ2) is 8.52. The number of fused-ring (bicyclic) bond motifs is 1. The summed E-state index contributed by atoms with van der Waals surface area (Å²) in [6.45, 7) is 1.53. The van der Waals surface area contributed by atoms with Gasteiger partial charge in [0.25, 0.3) is 5.91 Å². The Morgan fingerprint density at radius 2 is 2.22 bits per heavy atom. The van der Waals surface area contributed by atoms with Crippen LogP contribution in [0.4, 0.5) is 10.1 Å². The molecule has 1 aliphatic rings. The Bertz CT molecular complexity index is 935. The third kappa shape index (κ3) is 4.55. The van der Waals surface area contributed by atoms with Gasteiger partial charge in [0.2, 0.25) is 0 Å². The highest BCUT2D eigenvalue weighted by atomic mass is 19.1. The van der Waals surface area contributed by atoms with E-state index in [1.807, 2.05) is 4.90 Å². The summed E-state index contributed by atoms with van der Waals surface area (Å²) in [5.74, 6) is -0.559. The van der Waals surface area contributed by atoms with Gasteiger partial charge in [0.1, 0.15) is 17.3 Å². The average molecular weight is 375 g/mol. The molecule has 1 aromatic carbocycles. The van der Waals surface area contributed by atoms with Crippen LogP contribution in [0.3, 0.4) is 0 Å². The lowest BCUT2D eigenvalue weighted by Gasteiger charge is -2.36. The number of alkyl halides is 1. The molecule has 0 spiro atoms. The highest BCUT2D eigenvalue weighted by molar-refractivity contribution is 5.97. The van der Waals surface area contributed by atoms with E-state index in [1.165, 1.54) is 6.07 Å². The van der Waals surface area contributed by atoms with E-state index in [2.05, 4.69) is 15.3 Å². The number of halogens is 1. The minimum atomic E-state index is -0.832. The molecule has 1 aliphatic heterocycles. The number of nitrogens with one attached hydrogen (secondary N) is 1. The maximum absolute atomic E-state index is 13.0. The zero-order valence-electron chi connectivity index (χ0n) is 14.4. The number of nitrogens with zero attached hydrogens (tertiary/aromatic N) is 4.